The highest BCUT2D eigenvalue weighted by atomic mass is 32.2. The molecule has 0 amide bonds. The molecule has 0 aliphatic rings. The van der Waals surface area contributed by atoms with Crippen LogP contribution in [0.1, 0.15) is 26.0 Å². The Morgan fingerprint density at radius 2 is 2.11 bits per heavy atom. The van der Waals surface area contributed by atoms with Gasteiger partial charge in [0.05, 0.1) is 0 Å². The molecule has 19 heavy (non-hydrogen) atoms. The van der Waals surface area contributed by atoms with Crippen LogP contribution in [0.3, 0.4) is 0 Å². The summed E-state index contributed by atoms with van der Waals surface area (Å²) < 4.78 is 26.6. The molecule has 8 heteroatoms. The van der Waals surface area contributed by atoms with Crippen molar-refractivity contribution in [3.05, 3.63) is 15.4 Å². The lowest BCUT2D eigenvalue weighted by Crippen LogP contribution is -2.37. The molecular weight excluding hydrogens is 286 g/mol. The van der Waals surface area contributed by atoms with Gasteiger partial charge in [0.2, 0.25) is 0 Å². The predicted octanol–water partition coefficient (Wildman–Crippen LogP) is 0.753. The SMILES string of the molecule is CCC(C)N(C)CCNS(=O)(=O)c1sc(=O)[nH]c1C. The quantitative estimate of drug-likeness (QED) is 0.779. The van der Waals surface area contributed by atoms with Gasteiger partial charge in [0.25, 0.3) is 10.0 Å². The minimum absolute atomic E-state index is 0.0729. The minimum atomic E-state index is -3.59. The fourth-order valence-electron chi connectivity index (χ4n) is 1.60. The standard InChI is InChI=1S/C11H21N3O3S2/c1-5-8(2)14(4)7-6-12-19(16,17)10-9(3)13-11(15)18-10/h8,12H,5-7H2,1-4H3,(H,13,15). The first kappa shape index (κ1) is 16.4. The molecule has 110 valence electrons. The average Bonchev–Trinajstić information content (AvgIpc) is 2.67. The summed E-state index contributed by atoms with van der Waals surface area (Å²) in [5.74, 6) is 0. The Morgan fingerprint density at radius 1 is 1.47 bits per heavy atom. The zero-order valence-electron chi connectivity index (χ0n) is 11.7. The van der Waals surface area contributed by atoms with E-state index in [1.807, 2.05) is 7.05 Å². The monoisotopic (exact) mass is 307 g/mol. The Balaban J connectivity index is 2.62. The van der Waals surface area contributed by atoms with Crippen LogP contribution in [0.15, 0.2) is 9.00 Å². The van der Waals surface area contributed by atoms with Gasteiger partial charge in [-0.3, -0.25) is 4.79 Å². The van der Waals surface area contributed by atoms with E-state index in [0.717, 1.165) is 6.42 Å². The number of aromatic amines is 1. The first-order valence-corrected chi connectivity index (χ1v) is 8.47. The maximum absolute atomic E-state index is 12.0. The van der Waals surface area contributed by atoms with Crippen LogP contribution in [0, 0.1) is 6.92 Å². The second kappa shape index (κ2) is 6.65. The normalized spacial score (nSPS) is 13.9. The summed E-state index contributed by atoms with van der Waals surface area (Å²) in [5.41, 5.74) is 0.387. The third kappa shape index (κ3) is 4.41. The summed E-state index contributed by atoms with van der Waals surface area (Å²) in [6, 6.07) is 0.412. The van der Waals surface area contributed by atoms with E-state index in [2.05, 4.69) is 28.5 Å². The van der Waals surface area contributed by atoms with Gasteiger partial charge in [-0.1, -0.05) is 18.3 Å². The number of sulfonamides is 1. The molecule has 1 unspecified atom stereocenters. The molecule has 1 aromatic heterocycles. The summed E-state index contributed by atoms with van der Waals surface area (Å²) in [6.45, 7) is 6.72. The maximum Gasteiger partial charge on any atom is 0.305 e. The third-order valence-electron chi connectivity index (χ3n) is 3.13. The second-order valence-electron chi connectivity index (χ2n) is 4.56. The van der Waals surface area contributed by atoms with Crippen LogP contribution in [-0.4, -0.2) is 44.5 Å². The number of nitrogens with zero attached hydrogens (tertiary/aromatic N) is 1. The van der Waals surface area contributed by atoms with Crippen molar-refractivity contribution < 1.29 is 8.42 Å². The Kier molecular flexibility index (Phi) is 5.72. The number of hydrogen-bond donors (Lipinski definition) is 2. The summed E-state index contributed by atoms with van der Waals surface area (Å²) in [4.78, 5) is 15.3. The molecule has 1 rings (SSSR count). The lowest BCUT2D eigenvalue weighted by Gasteiger charge is -2.23. The molecule has 0 spiro atoms. The third-order valence-corrected chi connectivity index (χ3v) is 6.19. The van der Waals surface area contributed by atoms with E-state index >= 15 is 0 Å². The number of aryl methyl sites for hydroxylation is 1. The molecule has 1 atom stereocenters. The number of rotatable bonds is 7. The van der Waals surface area contributed by atoms with E-state index in [1.54, 1.807) is 6.92 Å². The van der Waals surface area contributed by atoms with E-state index in [1.165, 1.54) is 0 Å². The van der Waals surface area contributed by atoms with Crippen LogP contribution >= 0.6 is 11.3 Å². The second-order valence-corrected chi connectivity index (χ2v) is 7.51. The molecule has 0 fully saturated rings. The number of aromatic nitrogens is 1. The van der Waals surface area contributed by atoms with Crippen molar-refractivity contribution in [1.29, 1.82) is 0 Å². The number of H-pyrrole nitrogens is 1. The summed E-state index contributed by atoms with van der Waals surface area (Å²) >= 11 is 0.716. The largest absolute Gasteiger partial charge is 0.315 e. The van der Waals surface area contributed by atoms with E-state index in [-0.39, 0.29) is 9.08 Å². The van der Waals surface area contributed by atoms with Crippen LogP contribution in [0.2, 0.25) is 0 Å². The molecule has 0 saturated heterocycles. The fourth-order valence-corrected chi connectivity index (χ4v) is 3.97. The zero-order chi connectivity index (χ0) is 14.6. The highest BCUT2D eigenvalue weighted by molar-refractivity contribution is 7.91. The van der Waals surface area contributed by atoms with Gasteiger partial charge in [-0.25, -0.2) is 13.1 Å². The van der Waals surface area contributed by atoms with Gasteiger partial charge >= 0.3 is 4.87 Å². The van der Waals surface area contributed by atoms with Crippen LogP contribution in [-0.2, 0) is 10.0 Å². The van der Waals surface area contributed by atoms with Gasteiger partial charge in [0, 0.05) is 24.8 Å². The van der Waals surface area contributed by atoms with Crippen molar-refractivity contribution in [2.45, 2.75) is 37.4 Å². The van der Waals surface area contributed by atoms with Crippen molar-refractivity contribution in [1.82, 2.24) is 14.6 Å². The summed E-state index contributed by atoms with van der Waals surface area (Å²) in [6.07, 6.45) is 1.02. The number of hydrogen-bond acceptors (Lipinski definition) is 5. The zero-order valence-corrected chi connectivity index (χ0v) is 13.3. The van der Waals surface area contributed by atoms with Crippen LogP contribution < -0.4 is 9.60 Å². The van der Waals surface area contributed by atoms with Crippen molar-refractivity contribution in [2.24, 2.45) is 0 Å². The Hall–Kier alpha value is -0.700. The number of thiazole rings is 1. The van der Waals surface area contributed by atoms with Crippen molar-refractivity contribution in [2.75, 3.05) is 20.1 Å². The molecular formula is C11H21N3O3S2. The van der Waals surface area contributed by atoms with Crippen molar-refractivity contribution in [3.8, 4) is 0 Å². The molecule has 0 bridgehead atoms. The highest BCUT2D eigenvalue weighted by Crippen LogP contribution is 2.15. The molecule has 1 heterocycles. The van der Waals surface area contributed by atoms with Gasteiger partial charge in [0.15, 0.2) is 4.21 Å². The summed E-state index contributed by atoms with van der Waals surface area (Å²) in [5, 5.41) is 0. The fraction of sp³-hybridized carbons (Fsp3) is 0.727. The summed E-state index contributed by atoms with van der Waals surface area (Å²) in [7, 11) is -1.63. The molecule has 6 nitrogen and oxygen atoms in total. The van der Waals surface area contributed by atoms with Gasteiger partial charge in [-0.05, 0) is 27.3 Å². The first-order chi connectivity index (χ1) is 8.77. The van der Waals surface area contributed by atoms with E-state index in [4.69, 9.17) is 0 Å². The highest BCUT2D eigenvalue weighted by Gasteiger charge is 2.20. The van der Waals surface area contributed by atoms with Crippen molar-refractivity contribution >= 4 is 21.4 Å². The molecule has 0 saturated carbocycles. The predicted molar refractivity (Wildman–Crippen MR) is 77.2 cm³/mol. The smallest absolute Gasteiger partial charge is 0.305 e. The van der Waals surface area contributed by atoms with Gasteiger partial charge < -0.3 is 9.88 Å². The Bertz CT molecular complexity index is 562. The molecule has 0 radical (unpaired) electrons. The molecule has 1 aromatic rings. The average molecular weight is 307 g/mol. The number of nitrogens with one attached hydrogen (secondary N) is 2. The Morgan fingerprint density at radius 3 is 2.58 bits per heavy atom. The lowest BCUT2D eigenvalue weighted by molar-refractivity contribution is 0.256. The lowest BCUT2D eigenvalue weighted by atomic mass is 10.2. The van der Waals surface area contributed by atoms with Gasteiger partial charge in [0.1, 0.15) is 0 Å². The topological polar surface area (TPSA) is 82.3 Å². The molecule has 0 aliphatic heterocycles. The minimum Gasteiger partial charge on any atom is -0.315 e. The maximum atomic E-state index is 12.0. The van der Waals surface area contributed by atoms with Crippen LogP contribution in [0.25, 0.3) is 0 Å². The van der Waals surface area contributed by atoms with Gasteiger partial charge in [-0.15, -0.1) is 0 Å². The number of likely N-dealkylation sites (N-methyl/N-ethyl adjacent to an activating group) is 1. The molecule has 0 aliphatic carbocycles. The van der Waals surface area contributed by atoms with Crippen LogP contribution in [0.5, 0.6) is 0 Å². The molecule has 0 aromatic carbocycles. The Labute approximate surface area is 117 Å². The van der Waals surface area contributed by atoms with E-state index in [0.29, 0.717) is 36.2 Å². The van der Waals surface area contributed by atoms with Crippen molar-refractivity contribution in [3.63, 3.8) is 0 Å². The first-order valence-electron chi connectivity index (χ1n) is 6.17. The molecule has 2 N–H and O–H groups in total. The van der Waals surface area contributed by atoms with Gasteiger partial charge in [-0.2, -0.15) is 0 Å². The van der Waals surface area contributed by atoms with E-state index < -0.39 is 10.0 Å². The van der Waals surface area contributed by atoms with E-state index in [9.17, 15) is 13.2 Å². The van der Waals surface area contributed by atoms with Crippen LogP contribution in [0.4, 0.5) is 0 Å².